The number of piperidine rings is 1. The molecule has 0 saturated carbocycles. The highest BCUT2D eigenvalue weighted by Crippen LogP contribution is 2.28. The van der Waals surface area contributed by atoms with E-state index in [1.54, 1.807) is 48.4 Å². The summed E-state index contributed by atoms with van der Waals surface area (Å²) >= 11 is 5.92. The number of carbonyl (C=O) groups excluding carboxylic acids is 1. The van der Waals surface area contributed by atoms with Crippen molar-refractivity contribution in [2.45, 2.75) is 25.7 Å². The first kappa shape index (κ1) is 19.5. The lowest BCUT2D eigenvalue weighted by Crippen LogP contribution is -2.39. The maximum atomic E-state index is 12.8. The van der Waals surface area contributed by atoms with Crippen LogP contribution in [0.1, 0.15) is 40.6 Å². The number of nitrogens with one attached hydrogen (secondary N) is 1. The molecule has 1 aromatic carbocycles. The van der Waals surface area contributed by atoms with Gasteiger partial charge in [-0.3, -0.25) is 9.59 Å². The van der Waals surface area contributed by atoms with Gasteiger partial charge in [0.05, 0.1) is 0 Å². The third kappa shape index (κ3) is 3.72. The maximum Gasteiger partial charge on any atom is 0.278 e. The Balaban J connectivity index is 1.37. The van der Waals surface area contributed by atoms with Crippen LogP contribution in [0.3, 0.4) is 0 Å². The van der Waals surface area contributed by atoms with Crippen LogP contribution in [-0.2, 0) is 0 Å². The molecular weight excluding hydrogens is 420 g/mol. The number of fused-ring (bicyclic) bond motifs is 1. The summed E-state index contributed by atoms with van der Waals surface area (Å²) in [7, 11) is 0. The Morgan fingerprint density at radius 3 is 2.90 bits per heavy atom. The smallest absolute Gasteiger partial charge is 0.278 e. The number of likely N-dealkylation sites (tertiary alicyclic amines) is 1. The van der Waals surface area contributed by atoms with Gasteiger partial charge in [0, 0.05) is 47.6 Å². The Morgan fingerprint density at radius 2 is 2.10 bits per heavy atom. The molecule has 10 heteroatoms. The van der Waals surface area contributed by atoms with Gasteiger partial charge in [0.2, 0.25) is 0 Å². The van der Waals surface area contributed by atoms with Gasteiger partial charge in [0.25, 0.3) is 17.4 Å². The molecule has 0 radical (unpaired) electrons. The van der Waals surface area contributed by atoms with Crippen molar-refractivity contribution in [1.82, 2.24) is 29.6 Å². The van der Waals surface area contributed by atoms with Gasteiger partial charge in [-0.05, 0) is 44.0 Å². The Bertz CT molecular complexity index is 1320. The van der Waals surface area contributed by atoms with Gasteiger partial charge in [-0.15, -0.1) is 0 Å². The fourth-order valence-electron chi connectivity index (χ4n) is 3.88. The zero-order valence-corrected chi connectivity index (χ0v) is 17.5. The van der Waals surface area contributed by atoms with E-state index >= 15 is 0 Å². The number of H-pyrrole nitrogens is 1. The van der Waals surface area contributed by atoms with Gasteiger partial charge in [-0.1, -0.05) is 16.8 Å². The molecule has 1 fully saturated rings. The summed E-state index contributed by atoms with van der Waals surface area (Å²) in [5.41, 5.74) is 1.90. The minimum absolute atomic E-state index is 0.0369. The van der Waals surface area contributed by atoms with E-state index in [0.717, 1.165) is 12.8 Å². The van der Waals surface area contributed by atoms with Gasteiger partial charge in [-0.2, -0.15) is 10.1 Å². The molecule has 31 heavy (non-hydrogen) atoms. The highest BCUT2D eigenvalue weighted by Gasteiger charge is 2.29. The Hall–Kier alpha value is -3.46. The van der Waals surface area contributed by atoms with Crippen LogP contribution in [0.4, 0.5) is 0 Å². The Labute approximate surface area is 181 Å². The van der Waals surface area contributed by atoms with E-state index in [2.05, 4.69) is 20.2 Å². The standard InChI is InChI=1S/C21H19ClN6O3/c1-12-10-28-17(19(29)23-12)9-16(25-28)20-24-18(26-31-20)14-3-2-8-27(11-14)21(30)13-4-6-15(22)7-5-13/h4-7,9-10,14H,2-3,8,11H2,1H3,(H,23,29)/t14-/m1/s1. The molecule has 3 aromatic heterocycles. The molecule has 4 aromatic rings. The quantitative estimate of drug-likeness (QED) is 0.526. The highest BCUT2D eigenvalue weighted by molar-refractivity contribution is 6.30. The number of nitrogens with zero attached hydrogens (tertiary/aromatic N) is 5. The highest BCUT2D eigenvalue weighted by atomic mass is 35.5. The summed E-state index contributed by atoms with van der Waals surface area (Å²) in [6, 6.07) is 8.50. The van der Waals surface area contributed by atoms with Gasteiger partial charge in [0.1, 0.15) is 5.52 Å². The van der Waals surface area contributed by atoms with Crippen LogP contribution in [0.5, 0.6) is 0 Å². The van der Waals surface area contributed by atoms with Crippen molar-refractivity contribution in [3.05, 3.63) is 69.0 Å². The number of carbonyl (C=O) groups is 1. The molecule has 4 heterocycles. The molecule has 158 valence electrons. The Morgan fingerprint density at radius 1 is 1.29 bits per heavy atom. The summed E-state index contributed by atoms with van der Waals surface area (Å²) < 4.78 is 6.93. The molecule has 0 unspecified atom stereocenters. The molecule has 1 amide bonds. The van der Waals surface area contributed by atoms with E-state index < -0.39 is 0 Å². The van der Waals surface area contributed by atoms with Crippen molar-refractivity contribution in [3.8, 4) is 11.6 Å². The molecule has 1 N–H and O–H groups in total. The minimum atomic E-state index is -0.234. The van der Waals surface area contributed by atoms with E-state index in [-0.39, 0.29) is 23.3 Å². The Kier molecular flexibility index (Phi) is 4.82. The van der Waals surface area contributed by atoms with Gasteiger partial charge >= 0.3 is 0 Å². The van der Waals surface area contributed by atoms with Crippen molar-refractivity contribution < 1.29 is 9.32 Å². The first-order chi connectivity index (χ1) is 15.0. The molecule has 1 aliphatic heterocycles. The second-order valence-corrected chi connectivity index (χ2v) is 8.12. The zero-order chi connectivity index (χ0) is 21.5. The SMILES string of the molecule is Cc1cn2nc(-c3nc([C@@H]4CCCN(C(=O)c5ccc(Cl)cc5)C4)no3)cc2c(=O)[nH]1. The van der Waals surface area contributed by atoms with Crippen LogP contribution in [0.25, 0.3) is 17.1 Å². The second-order valence-electron chi connectivity index (χ2n) is 7.68. The van der Waals surface area contributed by atoms with Gasteiger partial charge in [0.15, 0.2) is 11.5 Å². The molecule has 0 aliphatic carbocycles. The van der Waals surface area contributed by atoms with E-state index in [1.165, 1.54) is 4.52 Å². The van der Waals surface area contributed by atoms with Crippen molar-refractivity contribution in [1.29, 1.82) is 0 Å². The molecule has 1 atom stereocenters. The third-order valence-electron chi connectivity index (χ3n) is 5.42. The van der Waals surface area contributed by atoms with Crippen LogP contribution >= 0.6 is 11.6 Å². The van der Waals surface area contributed by atoms with E-state index in [9.17, 15) is 9.59 Å². The third-order valence-corrected chi connectivity index (χ3v) is 5.67. The lowest BCUT2D eigenvalue weighted by Gasteiger charge is -2.31. The van der Waals surface area contributed by atoms with Gasteiger partial charge < -0.3 is 14.4 Å². The lowest BCUT2D eigenvalue weighted by molar-refractivity contribution is 0.0703. The predicted octanol–water partition coefficient (Wildman–Crippen LogP) is 3.05. The summed E-state index contributed by atoms with van der Waals surface area (Å²) in [5, 5.41) is 9.10. The zero-order valence-electron chi connectivity index (χ0n) is 16.7. The first-order valence-corrected chi connectivity index (χ1v) is 10.3. The number of aryl methyl sites for hydroxylation is 1. The molecule has 0 bridgehead atoms. The second kappa shape index (κ2) is 7.66. The number of hydrogen-bond donors (Lipinski definition) is 1. The van der Waals surface area contributed by atoms with Crippen molar-refractivity contribution in [2.75, 3.05) is 13.1 Å². The monoisotopic (exact) mass is 438 g/mol. The summed E-state index contributed by atoms with van der Waals surface area (Å²) in [4.78, 5) is 34.0. The number of benzene rings is 1. The van der Waals surface area contributed by atoms with Crippen LogP contribution in [0.15, 0.2) is 45.8 Å². The fraction of sp³-hybridized carbons (Fsp3) is 0.286. The van der Waals surface area contributed by atoms with Crippen molar-refractivity contribution >= 4 is 23.0 Å². The number of rotatable bonds is 3. The van der Waals surface area contributed by atoms with Crippen LogP contribution < -0.4 is 5.56 Å². The topological polar surface area (TPSA) is 109 Å². The molecule has 1 aliphatic rings. The van der Waals surface area contributed by atoms with E-state index in [0.29, 0.717) is 46.4 Å². The molecule has 0 spiro atoms. The van der Waals surface area contributed by atoms with Gasteiger partial charge in [-0.25, -0.2) is 4.52 Å². The number of aromatic amines is 1. The number of halogens is 1. The molecular formula is C21H19ClN6O3. The molecule has 9 nitrogen and oxygen atoms in total. The average Bonchev–Trinajstić information content (AvgIpc) is 3.41. The predicted molar refractivity (Wildman–Crippen MR) is 113 cm³/mol. The maximum absolute atomic E-state index is 12.8. The largest absolute Gasteiger partial charge is 0.338 e. The normalized spacial score (nSPS) is 16.7. The molecule has 1 saturated heterocycles. The van der Waals surface area contributed by atoms with E-state index in [4.69, 9.17) is 16.1 Å². The summed E-state index contributed by atoms with van der Waals surface area (Å²) in [6.45, 7) is 2.97. The minimum Gasteiger partial charge on any atom is -0.338 e. The van der Waals surface area contributed by atoms with Crippen LogP contribution in [0, 0.1) is 6.92 Å². The average molecular weight is 439 g/mol. The number of aromatic nitrogens is 5. The summed E-state index contributed by atoms with van der Waals surface area (Å²) in [6.07, 6.45) is 3.42. The van der Waals surface area contributed by atoms with Crippen molar-refractivity contribution in [2.24, 2.45) is 0 Å². The van der Waals surface area contributed by atoms with Crippen LogP contribution in [-0.4, -0.2) is 48.6 Å². The number of amides is 1. The fourth-order valence-corrected chi connectivity index (χ4v) is 4.00. The van der Waals surface area contributed by atoms with Crippen molar-refractivity contribution in [3.63, 3.8) is 0 Å². The summed E-state index contributed by atoms with van der Waals surface area (Å²) in [5.74, 6) is 0.702. The number of hydrogen-bond acceptors (Lipinski definition) is 6. The first-order valence-electron chi connectivity index (χ1n) is 9.96. The lowest BCUT2D eigenvalue weighted by atomic mass is 9.96. The van der Waals surface area contributed by atoms with Crippen LogP contribution in [0.2, 0.25) is 5.02 Å². The van der Waals surface area contributed by atoms with E-state index in [1.807, 2.05) is 0 Å². The molecule has 5 rings (SSSR count).